The standard InChI is InChI=1S/C4H13NO7P2/c5-3-1-2-4(6,11-13(7)8)12-14(9)10/h6-10H,1-3,5H2. The molecule has 0 aliphatic rings. The summed E-state index contributed by atoms with van der Waals surface area (Å²) in [5.74, 6) is -2.43. The number of hydrogen-bond acceptors (Lipinski definition) is 8. The summed E-state index contributed by atoms with van der Waals surface area (Å²) in [5.41, 5.74) is 5.14. The minimum Gasteiger partial charge on any atom is -0.343 e. The van der Waals surface area contributed by atoms with Gasteiger partial charge in [-0.1, -0.05) is 0 Å². The van der Waals surface area contributed by atoms with Gasteiger partial charge in [0, 0.05) is 6.42 Å². The van der Waals surface area contributed by atoms with Crippen molar-refractivity contribution in [1.82, 2.24) is 0 Å². The van der Waals surface area contributed by atoms with Crippen LogP contribution in [0.15, 0.2) is 0 Å². The van der Waals surface area contributed by atoms with Crippen LogP contribution in [-0.2, 0) is 9.05 Å². The third-order valence-corrected chi connectivity index (χ3v) is 2.04. The molecule has 8 nitrogen and oxygen atoms in total. The van der Waals surface area contributed by atoms with Crippen molar-refractivity contribution in [3.8, 4) is 0 Å². The van der Waals surface area contributed by atoms with Crippen LogP contribution in [0.25, 0.3) is 0 Å². The highest BCUT2D eigenvalue weighted by Gasteiger charge is 2.35. The van der Waals surface area contributed by atoms with Crippen molar-refractivity contribution in [3.05, 3.63) is 0 Å². The molecule has 0 aliphatic carbocycles. The molecule has 0 saturated heterocycles. The molecule has 0 saturated carbocycles. The summed E-state index contributed by atoms with van der Waals surface area (Å²) in [6.07, 6.45) is 0.0479. The van der Waals surface area contributed by atoms with E-state index in [0.717, 1.165) is 0 Å². The van der Waals surface area contributed by atoms with Gasteiger partial charge in [-0.05, 0) is 13.0 Å². The van der Waals surface area contributed by atoms with Gasteiger partial charge in [-0.15, -0.1) is 0 Å². The molecular formula is C4H13NO7P2. The van der Waals surface area contributed by atoms with Gasteiger partial charge in [-0.25, -0.2) is 0 Å². The van der Waals surface area contributed by atoms with E-state index in [1.165, 1.54) is 0 Å². The molecule has 0 radical (unpaired) electrons. The Labute approximate surface area is 82.9 Å². The fourth-order valence-electron chi connectivity index (χ4n) is 0.689. The van der Waals surface area contributed by atoms with Crippen molar-refractivity contribution < 1.29 is 33.7 Å². The zero-order valence-corrected chi connectivity index (χ0v) is 8.93. The van der Waals surface area contributed by atoms with Gasteiger partial charge in [0.1, 0.15) is 0 Å². The smallest absolute Gasteiger partial charge is 0.331 e. The lowest BCUT2D eigenvalue weighted by Crippen LogP contribution is -2.33. The fourth-order valence-corrected chi connectivity index (χ4v) is 1.51. The monoisotopic (exact) mass is 249 g/mol. The van der Waals surface area contributed by atoms with Gasteiger partial charge < -0.3 is 30.4 Å². The van der Waals surface area contributed by atoms with E-state index in [1.54, 1.807) is 0 Å². The third-order valence-electron chi connectivity index (χ3n) is 1.15. The Bertz CT molecular complexity index is 147. The molecule has 0 heterocycles. The minimum absolute atomic E-state index is 0.205. The van der Waals surface area contributed by atoms with Crippen LogP contribution in [0.1, 0.15) is 12.8 Å². The van der Waals surface area contributed by atoms with Crippen LogP contribution in [0.5, 0.6) is 0 Å². The molecule has 10 heteroatoms. The number of rotatable bonds is 7. The number of hydrogen-bond donors (Lipinski definition) is 6. The van der Waals surface area contributed by atoms with E-state index in [9.17, 15) is 5.11 Å². The lowest BCUT2D eigenvalue weighted by molar-refractivity contribution is -0.281. The largest absolute Gasteiger partial charge is 0.343 e. The first-order valence-corrected chi connectivity index (χ1v) is 5.89. The van der Waals surface area contributed by atoms with Gasteiger partial charge >= 0.3 is 17.2 Å². The first-order chi connectivity index (χ1) is 6.39. The van der Waals surface area contributed by atoms with Gasteiger partial charge in [0.25, 0.3) is 5.97 Å². The molecule has 0 aromatic rings. The topological polar surface area (TPSA) is 146 Å². The van der Waals surface area contributed by atoms with E-state index in [4.69, 9.17) is 25.3 Å². The van der Waals surface area contributed by atoms with Crippen LogP contribution >= 0.6 is 17.2 Å². The third kappa shape index (κ3) is 6.92. The van der Waals surface area contributed by atoms with Crippen LogP contribution in [-0.4, -0.2) is 37.2 Å². The quantitative estimate of drug-likeness (QED) is 0.244. The van der Waals surface area contributed by atoms with Crippen molar-refractivity contribution in [3.63, 3.8) is 0 Å². The molecule has 7 N–H and O–H groups in total. The summed E-state index contributed by atoms with van der Waals surface area (Å²) >= 11 is 0. The summed E-state index contributed by atoms with van der Waals surface area (Å²) in [4.78, 5) is 33.9. The Hall–Kier alpha value is 0.540. The molecule has 0 rings (SSSR count). The zero-order valence-electron chi connectivity index (χ0n) is 7.15. The van der Waals surface area contributed by atoms with E-state index in [1.807, 2.05) is 0 Å². The van der Waals surface area contributed by atoms with Gasteiger partial charge in [0.15, 0.2) is 0 Å². The average Bonchev–Trinajstić information content (AvgIpc) is 1.97. The van der Waals surface area contributed by atoms with Crippen molar-refractivity contribution in [2.75, 3.05) is 6.54 Å². The van der Waals surface area contributed by atoms with Gasteiger partial charge in [-0.2, -0.15) is 0 Å². The molecule has 0 atom stereocenters. The predicted octanol–water partition coefficient (Wildman–Crippen LogP) is -1.17. The van der Waals surface area contributed by atoms with Crippen LogP contribution in [0.3, 0.4) is 0 Å². The summed E-state index contributed by atoms with van der Waals surface area (Å²) in [7, 11) is -5.73. The Morgan fingerprint density at radius 2 is 1.50 bits per heavy atom. The van der Waals surface area contributed by atoms with E-state index >= 15 is 0 Å². The molecule has 0 bridgehead atoms. The van der Waals surface area contributed by atoms with Crippen LogP contribution in [0.2, 0.25) is 0 Å². The SMILES string of the molecule is NCCCC(O)(OP(O)O)OP(O)O. The molecule has 0 unspecified atom stereocenters. The molecule has 0 aliphatic heterocycles. The van der Waals surface area contributed by atoms with E-state index in [-0.39, 0.29) is 19.4 Å². The maximum atomic E-state index is 9.38. The maximum absolute atomic E-state index is 9.38. The summed E-state index contributed by atoms with van der Waals surface area (Å²) in [5, 5.41) is 9.38. The highest BCUT2D eigenvalue weighted by atomic mass is 31.2. The predicted molar refractivity (Wildman–Crippen MR) is 48.1 cm³/mol. The van der Waals surface area contributed by atoms with Gasteiger partial charge in [0.05, 0.1) is 0 Å². The van der Waals surface area contributed by atoms with Crippen molar-refractivity contribution in [1.29, 1.82) is 0 Å². The summed E-state index contributed by atoms with van der Waals surface area (Å²) < 4.78 is 8.40. The maximum Gasteiger partial charge on any atom is 0.331 e. The lowest BCUT2D eigenvalue weighted by atomic mass is 10.3. The molecule has 86 valence electrons. The Morgan fingerprint density at radius 1 is 1.07 bits per heavy atom. The van der Waals surface area contributed by atoms with E-state index in [2.05, 4.69) is 9.05 Å². The van der Waals surface area contributed by atoms with E-state index < -0.39 is 23.2 Å². The van der Waals surface area contributed by atoms with Crippen LogP contribution in [0.4, 0.5) is 0 Å². The highest BCUT2D eigenvalue weighted by molar-refractivity contribution is 7.40. The molecular weight excluding hydrogens is 236 g/mol. The van der Waals surface area contributed by atoms with Gasteiger partial charge in [-0.3, -0.25) is 9.05 Å². The van der Waals surface area contributed by atoms with Gasteiger partial charge in [0.2, 0.25) is 0 Å². The van der Waals surface area contributed by atoms with Crippen molar-refractivity contribution in [2.24, 2.45) is 5.73 Å². The summed E-state index contributed by atoms with van der Waals surface area (Å²) in [6.45, 7) is 0.207. The average molecular weight is 249 g/mol. The first-order valence-electron chi connectivity index (χ1n) is 3.56. The van der Waals surface area contributed by atoms with Crippen LogP contribution in [0, 0.1) is 0 Å². The second kappa shape index (κ2) is 6.92. The molecule has 0 aromatic carbocycles. The lowest BCUT2D eigenvalue weighted by Gasteiger charge is -2.27. The second-order valence-corrected chi connectivity index (χ2v) is 3.67. The Kier molecular flexibility index (Phi) is 7.19. The normalized spacial score (nSPS) is 12.9. The summed E-state index contributed by atoms with van der Waals surface area (Å²) in [6, 6.07) is 0. The molecule has 0 spiro atoms. The number of aliphatic hydroxyl groups is 1. The van der Waals surface area contributed by atoms with Crippen LogP contribution < -0.4 is 5.73 Å². The highest BCUT2D eigenvalue weighted by Crippen LogP contribution is 2.41. The Morgan fingerprint density at radius 3 is 1.79 bits per heavy atom. The fraction of sp³-hybridized carbons (Fsp3) is 1.00. The second-order valence-electron chi connectivity index (χ2n) is 2.29. The molecule has 14 heavy (non-hydrogen) atoms. The minimum atomic E-state index is -2.86. The Balaban J connectivity index is 4.17. The molecule has 0 fully saturated rings. The van der Waals surface area contributed by atoms with E-state index in [0.29, 0.717) is 0 Å². The zero-order chi connectivity index (χ0) is 11.2. The molecule has 0 amide bonds. The van der Waals surface area contributed by atoms with Crippen molar-refractivity contribution in [2.45, 2.75) is 18.8 Å². The number of nitrogens with two attached hydrogens (primary N) is 1. The van der Waals surface area contributed by atoms with Crippen molar-refractivity contribution >= 4 is 17.2 Å². The first kappa shape index (κ1) is 14.5. The molecule has 0 aromatic heterocycles.